The Kier molecular flexibility index (Phi) is 4.22. The van der Waals surface area contributed by atoms with Crippen molar-refractivity contribution in [1.82, 2.24) is 0 Å². The molecule has 0 aromatic heterocycles. The number of rotatable bonds is 2. The fourth-order valence-electron chi connectivity index (χ4n) is 7.80. The summed E-state index contributed by atoms with van der Waals surface area (Å²) in [5.41, 5.74) is 2.17. The van der Waals surface area contributed by atoms with Crippen molar-refractivity contribution in [3.05, 3.63) is 11.6 Å². The number of allylic oxidation sites excluding steroid dienone is 1. The van der Waals surface area contributed by atoms with Crippen LogP contribution in [0, 0.1) is 40.4 Å². The first-order valence-corrected chi connectivity index (χ1v) is 10.7. The summed E-state index contributed by atoms with van der Waals surface area (Å²) < 4.78 is 0. The lowest BCUT2D eigenvalue weighted by Crippen LogP contribution is -2.51. The Bertz CT molecular complexity index is 591. The van der Waals surface area contributed by atoms with E-state index in [4.69, 9.17) is 0 Å². The van der Waals surface area contributed by atoms with Crippen molar-refractivity contribution in [3.63, 3.8) is 0 Å². The lowest BCUT2D eigenvalue weighted by molar-refractivity contribution is -0.117. The highest BCUT2D eigenvalue weighted by atomic mass is 16.3. The molecule has 4 aliphatic rings. The van der Waals surface area contributed by atoms with E-state index in [1.165, 1.54) is 37.7 Å². The highest BCUT2D eigenvalue weighted by Crippen LogP contribution is 2.67. The van der Waals surface area contributed by atoms with Crippen LogP contribution in [0.3, 0.4) is 0 Å². The third-order valence-corrected chi connectivity index (χ3v) is 9.43. The second kappa shape index (κ2) is 5.94. The van der Waals surface area contributed by atoms with Crippen molar-refractivity contribution in [3.8, 4) is 0 Å². The van der Waals surface area contributed by atoms with Crippen molar-refractivity contribution in [2.75, 3.05) is 0 Å². The van der Waals surface area contributed by atoms with Crippen LogP contribution >= 0.6 is 0 Å². The van der Waals surface area contributed by atoms with Gasteiger partial charge < -0.3 is 5.11 Å². The standard InChI is InChI=1S/C23H36O2/c1-14(15(2)24)19-7-8-20-18-6-5-16-13-17(25)9-11-22(16,3)21(18)10-12-23(19,20)4/h13-15,18-21,24H,5-12H2,1-4H3/t14-,15?,18+,19-,20+,21+,22+,23-/m1/s1. The summed E-state index contributed by atoms with van der Waals surface area (Å²) in [7, 11) is 0. The van der Waals surface area contributed by atoms with Gasteiger partial charge >= 0.3 is 0 Å². The number of carbonyl (C=O) groups is 1. The molecule has 25 heavy (non-hydrogen) atoms. The van der Waals surface area contributed by atoms with E-state index >= 15 is 0 Å². The average molecular weight is 345 g/mol. The van der Waals surface area contributed by atoms with Crippen LogP contribution < -0.4 is 0 Å². The smallest absolute Gasteiger partial charge is 0.155 e. The van der Waals surface area contributed by atoms with Crippen LogP contribution in [0.1, 0.15) is 79.1 Å². The SMILES string of the molecule is CC(O)[C@@H](C)[C@H]1CC[C@H]2[C@@H]3CCC4=CC(=O)CC[C@]4(C)[C@H]3CC[C@]12C. The summed E-state index contributed by atoms with van der Waals surface area (Å²) in [6.07, 6.45) is 11.4. The van der Waals surface area contributed by atoms with Crippen molar-refractivity contribution >= 4 is 5.78 Å². The van der Waals surface area contributed by atoms with Crippen molar-refractivity contribution in [1.29, 1.82) is 0 Å². The Morgan fingerprint density at radius 2 is 1.80 bits per heavy atom. The molecule has 140 valence electrons. The van der Waals surface area contributed by atoms with E-state index in [9.17, 15) is 9.90 Å². The van der Waals surface area contributed by atoms with Gasteiger partial charge in [0.1, 0.15) is 0 Å². The summed E-state index contributed by atoms with van der Waals surface area (Å²) in [6.45, 7) is 9.26. The quantitative estimate of drug-likeness (QED) is 0.752. The van der Waals surface area contributed by atoms with E-state index in [-0.39, 0.29) is 11.5 Å². The summed E-state index contributed by atoms with van der Waals surface area (Å²) in [6, 6.07) is 0. The minimum Gasteiger partial charge on any atom is -0.393 e. The summed E-state index contributed by atoms with van der Waals surface area (Å²) >= 11 is 0. The van der Waals surface area contributed by atoms with Gasteiger partial charge in [0.05, 0.1) is 6.10 Å². The number of hydrogen-bond donors (Lipinski definition) is 1. The zero-order valence-corrected chi connectivity index (χ0v) is 16.6. The van der Waals surface area contributed by atoms with E-state index in [0.717, 1.165) is 37.0 Å². The Morgan fingerprint density at radius 1 is 1.04 bits per heavy atom. The number of hydrogen-bond acceptors (Lipinski definition) is 2. The van der Waals surface area contributed by atoms with E-state index in [0.29, 0.717) is 23.0 Å². The average Bonchev–Trinajstić information content (AvgIpc) is 2.92. The normalized spacial score (nSPS) is 48.8. The molecule has 0 aromatic rings. The molecule has 0 saturated heterocycles. The van der Waals surface area contributed by atoms with Gasteiger partial charge in [-0.3, -0.25) is 4.79 Å². The maximum absolute atomic E-state index is 11.9. The summed E-state index contributed by atoms with van der Waals surface area (Å²) in [5, 5.41) is 10.2. The molecule has 0 aliphatic heterocycles. The third-order valence-electron chi connectivity index (χ3n) is 9.43. The van der Waals surface area contributed by atoms with Gasteiger partial charge in [0, 0.05) is 6.42 Å². The van der Waals surface area contributed by atoms with E-state index in [2.05, 4.69) is 20.8 Å². The highest BCUT2D eigenvalue weighted by molar-refractivity contribution is 5.91. The van der Waals surface area contributed by atoms with Crippen molar-refractivity contribution in [2.45, 2.75) is 85.2 Å². The van der Waals surface area contributed by atoms with Gasteiger partial charge in [0.15, 0.2) is 5.78 Å². The Morgan fingerprint density at radius 3 is 2.52 bits per heavy atom. The molecule has 0 amide bonds. The van der Waals surface area contributed by atoms with Crippen LogP contribution in [0.25, 0.3) is 0 Å². The molecule has 4 aliphatic carbocycles. The van der Waals surface area contributed by atoms with E-state index in [1.807, 2.05) is 13.0 Å². The third kappa shape index (κ3) is 2.50. The van der Waals surface area contributed by atoms with Crippen molar-refractivity contribution in [2.24, 2.45) is 40.4 Å². The minimum absolute atomic E-state index is 0.193. The molecule has 8 atom stereocenters. The van der Waals surface area contributed by atoms with Gasteiger partial charge in [0.25, 0.3) is 0 Å². The van der Waals surface area contributed by atoms with Gasteiger partial charge in [-0.2, -0.15) is 0 Å². The number of fused-ring (bicyclic) bond motifs is 5. The number of carbonyl (C=O) groups excluding carboxylic acids is 1. The maximum Gasteiger partial charge on any atom is 0.155 e. The molecule has 2 heteroatoms. The molecule has 4 rings (SSSR count). The molecule has 3 saturated carbocycles. The van der Waals surface area contributed by atoms with Gasteiger partial charge in [-0.1, -0.05) is 26.3 Å². The van der Waals surface area contributed by atoms with Crippen molar-refractivity contribution < 1.29 is 9.90 Å². The number of aliphatic hydroxyl groups excluding tert-OH is 1. The predicted octanol–water partition coefficient (Wildman–Crippen LogP) is 5.15. The first-order chi connectivity index (χ1) is 11.8. The van der Waals surface area contributed by atoms with E-state index < -0.39 is 0 Å². The minimum atomic E-state index is -0.193. The maximum atomic E-state index is 11.9. The van der Waals surface area contributed by atoms with Crippen LogP contribution in [0.4, 0.5) is 0 Å². The Labute approximate surface area is 153 Å². The zero-order valence-electron chi connectivity index (χ0n) is 16.6. The van der Waals surface area contributed by atoms with Gasteiger partial charge in [-0.15, -0.1) is 0 Å². The van der Waals surface area contributed by atoms with Gasteiger partial charge in [-0.05, 0) is 98.4 Å². The van der Waals surface area contributed by atoms with E-state index in [1.54, 1.807) is 0 Å². The highest BCUT2D eigenvalue weighted by Gasteiger charge is 2.59. The second-order valence-electron chi connectivity index (χ2n) is 10.3. The zero-order chi connectivity index (χ0) is 18.0. The molecule has 0 heterocycles. The summed E-state index contributed by atoms with van der Waals surface area (Å²) in [5.74, 6) is 3.89. The summed E-state index contributed by atoms with van der Waals surface area (Å²) in [4.78, 5) is 11.9. The molecule has 1 N–H and O–H groups in total. The fraction of sp³-hybridized carbons (Fsp3) is 0.870. The first-order valence-electron chi connectivity index (χ1n) is 10.7. The fourth-order valence-corrected chi connectivity index (χ4v) is 7.80. The Balaban J connectivity index is 1.62. The molecule has 0 radical (unpaired) electrons. The van der Waals surface area contributed by atoms with Crippen LogP contribution in [0.15, 0.2) is 11.6 Å². The molecule has 0 bridgehead atoms. The van der Waals surface area contributed by atoms with Crippen LogP contribution in [0.5, 0.6) is 0 Å². The molecular formula is C23H36O2. The molecule has 1 unspecified atom stereocenters. The molecule has 3 fully saturated rings. The van der Waals surface area contributed by atoms with Gasteiger partial charge in [-0.25, -0.2) is 0 Å². The first kappa shape index (κ1) is 17.8. The molecule has 0 spiro atoms. The molecule has 2 nitrogen and oxygen atoms in total. The monoisotopic (exact) mass is 344 g/mol. The van der Waals surface area contributed by atoms with Crippen LogP contribution in [-0.4, -0.2) is 17.0 Å². The lowest BCUT2D eigenvalue weighted by Gasteiger charge is -2.58. The number of aliphatic hydroxyl groups is 1. The van der Waals surface area contributed by atoms with Crippen LogP contribution in [-0.2, 0) is 4.79 Å². The van der Waals surface area contributed by atoms with Crippen LogP contribution in [0.2, 0.25) is 0 Å². The van der Waals surface area contributed by atoms with Gasteiger partial charge in [0.2, 0.25) is 0 Å². The molecular weight excluding hydrogens is 308 g/mol. The lowest BCUT2D eigenvalue weighted by atomic mass is 9.46. The predicted molar refractivity (Wildman–Crippen MR) is 101 cm³/mol. The Hall–Kier alpha value is -0.630. The second-order valence-corrected chi connectivity index (χ2v) is 10.3. The molecule has 0 aromatic carbocycles. The number of ketones is 1. The topological polar surface area (TPSA) is 37.3 Å². The largest absolute Gasteiger partial charge is 0.393 e.